The molecule has 12 rings (SSSR count). The molecule has 0 radical (unpaired) electrons. The molecule has 0 bridgehead atoms. The Balaban J connectivity index is 0.000000399. The third kappa shape index (κ3) is 31.4. The first-order valence-corrected chi connectivity index (χ1v) is 51.6. The van der Waals surface area contributed by atoms with Crippen molar-refractivity contribution >= 4 is 124 Å². The van der Waals surface area contributed by atoms with Crippen molar-refractivity contribution in [3.63, 3.8) is 0 Å². The fraction of sp³-hybridized carbons (Fsp3) is 0.182. The Morgan fingerprint density at radius 1 is 0.221 bits per heavy atom. The maximum absolute atomic E-state index is 15.1. The molecule has 4 N–H and O–H groups in total. The van der Waals surface area contributed by atoms with E-state index in [0.29, 0.717) is 24.6 Å². The van der Waals surface area contributed by atoms with Gasteiger partial charge >= 0.3 is 21.1 Å². The maximum Gasteiger partial charge on any atom is 2.00 e. The zero-order chi connectivity index (χ0) is 81.3. The third-order valence-electron chi connectivity index (χ3n) is 18.5. The van der Waals surface area contributed by atoms with Crippen molar-refractivity contribution in [2.24, 2.45) is 0 Å². The standard InChI is InChI=1S/2C42H42O2P4.4CH4O.2NO3.Pt/c2*43-47(39-23-11-3-12-24-39,40-25-13-4-14-26-40)35-33-45(31-32-46(37-19-7-1-8-20-37)38-21-9-2-10-22-38)34-36-48(44,41-27-15-5-16-28-41)42-29-17-6-18-30-42;4*1-2;2*2-1(3)4;/h2*1-30H,31-36H2;4*2H,1H3;;;/q;;;;;;2*-1;+2/p+4. The van der Waals surface area contributed by atoms with Gasteiger partial charge in [0.15, 0.2) is 0 Å². The second-order valence-electron chi connectivity index (χ2n) is 24.9. The van der Waals surface area contributed by atoms with E-state index in [1.807, 2.05) is 243 Å². The van der Waals surface area contributed by atoms with Gasteiger partial charge < -0.3 is 69.3 Å². The van der Waals surface area contributed by atoms with Crippen LogP contribution in [0.1, 0.15) is 0 Å². The summed E-state index contributed by atoms with van der Waals surface area (Å²) < 4.78 is 60.5. The van der Waals surface area contributed by atoms with Gasteiger partial charge in [-0.1, -0.05) is 315 Å². The summed E-state index contributed by atoms with van der Waals surface area (Å²) in [6.45, 7) is 0. The van der Waals surface area contributed by atoms with Crippen LogP contribution in [-0.4, -0.2) is 133 Å². The van der Waals surface area contributed by atoms with Crippen LogP contribution in [0, 0.1) is 30.6 Å². The molecule has 12 aromatic carbocycles. The van der Waals surface area contributed by atoms with Gasteiger partial charge in [0, 0.05) is 111 Å². The first kappa shape index (κ1) is 97.6. The summed E-state index contributed by atoms with van der Waals surface area (Å²) >= 11 is 0. The largest absolute Gasteiger partial charge is 2.00 e. The average Bonchev–Trinajstić information content (AvgIpc) is 0.806. The summed E-state index contributed by atoms with van der Waals surface area (Å²) in [4.78, 5) is 16.5. The van der Waals surface area contributed by atoms with Crippen LogP contribution < -0.4 is 63.7 Å². The van der Waals surface area contributed by atoms with E-state index < -0.39 is 70.4 Å². The number of rotatable bonds is 30. The van der Waals surface area contributed by atoms with Crippen LogP contribution in [0.2, 0.25) is 0 Å². The molecule has 25 heteroatoms. The van der Waals surface area contributed by atoms with Crippen LogP contribution >= 0.6 is 60.3 Å². The van der Waals surface area contributed by atoms with Gasteiger partial charge in [0.05, 0.1) is 96.5 Å². The molecule has 0 aliphatic heterocycles. The van der Waals surface area contributed by atoms with Crippen LogP contribution in [0.25, 0.3) is 0 Å². The number of hydrogen-bond donors (Lipinski definition) is 4. The van der Waals surface area contributed by atoms with Gasteiger partial charge in [0.1, 0.15) is 28.6 Å². The van der Waals surface area contributed by atoms with Crippen molar-refractivity contribution in [1.82, 2.24) is 0 Å². The van der Waals surface area contributed by atoms with Crippen molar-refractivity contribution in [1.29, 1.82) is 0 Å². The minimum Gasteiger partial charge on any atom is -0.400 e. The molecule has 0 aliphatic carbocycles. The van der Waals surface area contributed by atoms with Gasteiger partial charge in [0.2, 0.25) is 0 Å². The summed E-state index contributed by atoms with van der Waals surface area (Å²) in [5, 5.41) is 70.6. The van der Waals surface area contributed by atoms with Crippen molar-refractivity contribution in [3.05, 3.63) is 395 Å². The molecule has 12 aromatic rings. The molecular formula is C88H104N2O14P8Pt+4. The molecule has 16 nitrogen and oxygen atoms in total. The summed E-state index contributed by atoms with van der Waals surface area (Å²) in [5.41, 5.74) is 0. The Bertz CT molecular complexity index is 3940. The molecule has 0 atom stereocenters. The number of hydrogen-bond acceptors (Lipinski definition) is 14. The smallest absolute Gasteiger partial charge is 0.400 e. The summed E-state index contributed by atoms with van der Waals surface area (Å²) in [6.07, 6.45) is 10.6. The Hall–Kier alpha value is -7.79. The number of benzene rings is 12. The minimum absolute atomic E-state index is 0. The van der Waals surface area contributed by atoms with Gasteiger partial charge in [-0.2, -0.15) is 0 Å². The summed E-state index contributed by atoms with van der Waals surface area (Å²) in [6, 6.07) is 124. The molecule has 0 spiro atoms. The SMILES string of the molecule is CO.CO.CO.CO.O=P(CC[PH+](CC[PH+](c1ccccc1)c1ccccc1)CCP(=O)(c1ccccc1)c1ccccc1)(c1ccccc1)c1ccccc1.O=P(CC[PH+](CC[PH+](c1ccccc1)c1ccccc1)CCP(=O)(c1ccccc1)c1ccccc1)(c1ccccc1)c1ccccc1.O=[N+]([O-])[O-].O=[N+]([O-])[O-].[Pt+2]. The molecule has 0 amide bonds. The van der Waals surface area contributed by atoms with Crippen LogP contribution in [0.5, 0.6) is 0 Å². The van der Waals surface area contributed by atoms with E-state index in [4.69, 9.17) is 51.1 Å². The molecule has 0 saturated heterocycles. The van der Waals surface area contributed by atoms with Crippen LogP contribution in [-0.2, 0) is 39.3 Å². The first-order chi connectivity index (χ1) is 54.6. The predicted octanol–water partition coefficient (Wildman–Crippen LogP) is 14.1. The Morgan fingerprint density at radius 3 is 0.460 bits per heavy atom. The van der Waals surface area contributed by atoms with Crippen molar-refractivity contribution in [2.75, 3.05) is 102 Å². The van der Waals surface area contributed by atoms with Crippen LogP contribution in [0.4, 0.5) is 0 Å². The zero-order valence-electron chi connectivity index (χ0n) is 64.0. The normalized spacial score (nSPS) is 10.8. The van der Waals surface area contributed by atoms with E-state index in [0.717, 1.165) is 120 Å². The predicted molar refractivity (Wildman–Crippen MR) is 488 cm³/mol. The van der Waals surface area contributed by atoms with E-state index in [-0.39, 0.29) is 21.1 Å². The van der Waals surface area contributed by atoms with Gasteiger partial charge in [-0.15, -0.1) is 0 Å². The quantitative estimate of drug-likeness (QED) is 0.0185. The molecule has 0 fully saturated rings. The van der Waals surface area contributed by atoms with E-state index in [1.165, 1.54) is 21.2 Å². The van der Waals surface area contributed by atoms with Gasteiger partial charge in [-0.25, -0.2) is 0 Å². The summed E-state index contributed by atoms with van der Waals surface area (Å²) in [5.74, 6) is 0. The summed E-state index contributed by atoms with van der Waals surface area (Å²) in [7, 11) is -11.6. The second-order valence-corrected chi connectivity index (χ2v) is 48.0. The number of nitrogens with zero attached hydrogens (tertiary/aromatic N) is 2. The molecule has 0 saturated carbocycles. The number of aliphatic hydroxyl groups excluding tert-OH is 4. The molecule has 0 aliphatic rings. The number of aliphatic hydroxyl groups is 4. The maximum atomic E-state index is 15.1. The molecule has 0 unspecified atom stereocenters. The van der Waals surface area contributed by atoms with E-state index in [1.54, 1.807) is 0 Å². The molecule has 0 heterocycles. The molecule has 113 heavy (non-hydrogen) atoms. The Morgan fingerprint density at radius 2 is 0.336 bits per heavy atom. The van der Waals surface area contributed by atoms with Gasteiger partial charge in [0.25, 0.3) is 0 Å². The van der Waals surface area contributed by atoms with Crippen LogP contribution in [0.15, 0.2) is 364 Å². The monoisotopic (exact) mass is 1860 g/mol. The van der Waals surface area contributed by atoms with Crippen molar-refractivity contribution in [2.45, 2.75) is 0 Å². The minimum atomic E-state index is -2.86. The van der Waals surface area contributed by atoms with Crippen LogP contribution in [0.3, 0.4) is 0 Å². The Kier molecular flexibility index (Phi) is 47.4. The van der Waals surface area contributed by atoms with E-state index in [9.17, 15) is 0 Å². The Labute approximate surface area is 685 Å². The van der Waals surface area contributed by atoms with E-state index >= 15 is 18.3 Å². The first-order valence-electron chi connectivity index (χ1n) is 36.4. The van der Waals surface area contributed by atoms with Crippen molar-refractivity contribution in [3.8, 4) is 0 Å². The topological polar surface area (TPSA) is 282 Å². The van der Waals surface area contributed by atoms with Gasteiger partial charge in [-0.3, -0.25) is 0 Å². The molecule has 0 aromatic heterocycles. The third-order valence-corrected chi connectivity index (χ3v) is 45.0. The van der Waals surface area contributed by atoms with E-state index in [2.05, 4.69) is 121 Å². The molecule has 596 valence electrons. The second kappa shape index (κ2) is 54.9. The van der Waals surface area contributed by atoms with Gasteiger partial charge in [-0.05, 0) is 48.5 Å². The van der Waals surface area contributed by atoms with Crippen molar-refractivity contribution < 1.29 is 69.9 Å². The average molecular weight is 1860 g/mol. The molecular weight excluding hydrogens is 1750 g/mol. The fourth-order valence-electron chi connectivity index (χ4n) is 13.1. The zero-order valence-corrected chi connectivity index (χ0v) is 73.8. The fourth-order valence-corrected chi connectivity index (χ4v) is 42.2.